The predicted octanol–water partition coefficient (Wildman–Crippen LogP) is 2.48. The van der Waals surface area contributed by atoms with E-state index >= 15 is 0 Å². The Hall–Kier alpha value is -1.78. The van der Waals surface area contributed by atoms with E-state index in [0.29, 0.717) is 18.8 Å². The zero-order chi connectivity index (χ0) is 15.2. The van der Waals surface area contributed by atoms with E-state index in [2.05, 4.69) is 0 Å². The lowest BCUT2D eigenvalue weighted by Gasteiger charge is -2.32. The lowest BCUT2D eigenvalue weighted by molar-refractivity contribution is -0.139. The van der Waals surface area contributed by atoms with Crippen molar-refractivity contribution in [3.05, 3.63) is 23.2 Å². The van der Waals surface area contributed by atoms with Gasteiger partial charge in [0.25, 0.3) is 5.91 Å². The molecule has 5 nitrogen and oxygen atoms in total. The molecule has 0 bridgehead atoms. The minimum Gasteiger partial charge on any atom is -0.481 e. The third-order valence-corrected chi connectivity index (χ3v) is 5.09. The number of piperidine rings is 1. The van der Waals surface area contributed by atoms with Crippen LogP contribution in [0.1, 0.15) is 48.1 Å². The summed E-state index contributed by atoms with van der Waals surface area (Å²) < 4.78 is 5.62. The number of amides is 1. The van der Waals surface area contributed by atoms with Gasteiger partial charge in [0.05, 0.1) is 5.92 Å². The number of likely N-dealkylation sites (tertiary alicyclic amines) is 1. The molecule has 1 saturated carbocycles. The second-order valence-corrected chi connectivity index (χ2v) is 6.32. The van der Waals surface area contributed by atoms with Gasteiger partial charge < -0.3 is 14.4 Å². The zero-order valence-electron chi connectivity index (χ0n) is 12.5. The fraction of sp³-hybridized carbons (Fsp3) is 0.625. The monoisotopic (exact) mass is 291 g/mol. The Kier molecular flexibility index (Phi) is 3.30. The highest BCUT2D eigenvalue weighted by Gasteiger charge is 2.59. The first-order valence-electron chi connectivity index (χ1n) is 7.58. The molecular weight excluding hydrogens is 270 g/mol. The lowest BCUT2D eigenvalue weighted by Crippen LogP contribution is -2.39. The molecular formula is C16H21NO4. The molecule has 0 radical (unpaired) electrons. The highest BCUT2D eigenvalue weighted by atomic mass is 16.4. The average Bonchev–Trinajstić information content (AvgIpc) is 3.03. The molecule has 1 saturated heterocycles. The van der Waals surface area contributed by atoms with E-state index in [1.54, 1.807) is 4.90 Å². The summed E-state index contributed by atoms with van der Waals surface area (Å²) in [5.74, 6) is 0.308. The van der Waals surface area contributed by atoms with Gasteiger partial charge in [0.15, 0.2) is 5.76 Å². The molecule has 2 fully saturated rings. The molecule has 1 aliphatic heterocycles. The molecule has 5 heteroatoms. The van der Waals surface area contributed by atoms with E-state index in [0.717, 1.165) is 37.0 Å². The van der Waals surface area contributed by atoms with Crippen molar-refractivity contribution in [3.8, 4) is 0 Å². The van der Waals surface area contributed by atoms with Crippen LogP contribution in [-0.4, -0.2) is 35.0 Å². The fourth-order valence-corrected chi connectivity index (χ4v) is 3.54. The van der Waals surface area contributed by atoms with Crippen molar-refractivity contribution in [2.24, 2.45) is 11.3 Å². The smallest absolute Gasteiger partial charge is 0.307 e. The standard InChI is InChI=1S/C16H21NO4/c1-3-12-10(2)8-13(21-12)14(18)17-6-4-16(5-7-17)9-11(16)15(19)20/h8,11H,3-7,9H2,1-2H3,(H,19,20). The number of carboxylic acids is 1. The van der Waals surface area contributed by atoms with Crippen molar-refractivity contribution >= 4 is 11.9 Å². The zero-order valence-corrected chi connectivity index (χ0v) is 12.5. The number of carboxylic acid groups (broad SMARTS) is 1. The number of aliphatic carboxylic acids is 1. The van der Waals surface area contributed by atoms with Crippen LogP contribution in [0.15, 0.2) is 10.5 Å². The second kappa shape index (κ2) is 4.90. The number of hydrogen-bond acceptors (Lipinski definition) is 3. The molecule has 1 amide bonds. The minimum atomic E-state index is -0.691. The first-order chi connectivity index (χ1) is 9.97. The van der Waals surface area contributed by atoms with Gasteiger partial charge in [-0.3, -0.25) is 9.59 Å². The van der Waals surface area contributed by atoms with Gasteiger partial charge in [0, 0.05) is 19.5 Å². The first kappa shape index (κ1) is 14.2. The van der Waals surface area contributed by atoms with Crippen LogP contribution in [-0.2, 0) is 11.2 Å². The third-order valence-electron chi connectivity index (χ3n) is 5.09. The quantitative estimate of drug-likeness (QED) is 0.928. The largest absolute Gasteiger partial charge is 0.481 e. The Morgan fingerprint density at radius 3 is 2.57 bits per heavy atom. The molecule has 1 spiro atoms. The van der Waals surface area contributed by atoms with Crippen molar-refractivity contribution in [3.63, 3.8) is 0 Å². The Balaban J connectivity index is 1.64. The van der Waals surface area contributed by atoms with E-state index in [4.69, 9.17) is 9.52 Å². The van der Waals surface area contributed by atoms with E-state index in [1.807, 2.05) is 19.9 Å². The van der Waals surface area contributed by atoms with Crippen molar-refractivity contribution in [2.45, 2.75) is 39.5 Å². The molecule has 21 heavy (non-hydrogen) atoms. The number of carbonyl (C=O) groups excluding carboxylic acids is 1. The van der Waals surface area contributed by atoms with E-state index in [1.165, 1.54) is 0 Å². The van der Waals surface area contributed by atoms with Crippen LogP contribution in [0.4, 0.5) is 0 Å². The summed E-state index contributed by atoms with van der Waals surface area (Å²) in [6, 6.07) is 1.81. The normalized spacial score (nSPS) is 23.3. The van der Waals surface area contributed by atoms with Gasteiger partial charge in [-0.2, -0.15) is 0 Å². The maximum absolute atomic E-state index is 12.4. The lowest BCUT2D eigenvalue weighted by atomic mass is 9.90. The molecule has 2 aliphatic rings. The summed E-state index contributed by atoms with van der Waals surface area (Å²) in [4.78, 5) is 25.3. The van der Waals surface area contributed by atoms with Gasteiger partial charge in [-0.05, 0) is 43.2 Å². The Labute approximate surface area is 123 Å². The van der Waals surface area contributed by atoms with Crippen molar-refractivity contribution in [1.82, 2.24) is 4.90 Å². The van der Waals surface area contributed by atoms with Crippen LogP contribution < -0.4 is 0 Å². The van der Waals surface area contributed by atoms with Crippen molar-refractivity contribution in [2.75, 3.05) is 13.1 Å². The van der Waals surface area contributed by atoms with E-state index in [9.17, 15) is 9.59 Å². The summed E-state index contributed by atoms with van der Waals surface area (Å²) in [7, 11) is 0. The molecule has 1 unspecified atom stereocenters. The molecule has 2 heterocycles. The summed E-state index contributed by atoms with van der Waals surface area (Å²) in [6.45, 7) is 5.21. The Morgan fingerprint density at radius 1 is 1.43 bits per heavy atom. The van der Waals surface area contributed by atoms with Gasteiger partial charge >= 0.3 is 5.97 Å². The topological polar surface area (TPSA) is 70.8 Å². The van der Waals surface area contributed by atoms with Crippen LogP contribution >= 0.6 is 0 Å². The Bertz CT molecular complexity index is 581. The van der Waals surface area contributed by atoms with Crippen LogP contribution in [0.3, 0.4) is 0 Å². The summed E-state index contributed by atoms with van der Waals surface area (Å²) in [5.41, 5.74) is 0.971. The van der Waals surface area contributed by atoms with Gasteiger partial charge in [-0.25, -0.2) is 0 Å². The number of carbonyl (C=O) groups is 2. The molecule has 3 rings (SSSR count). The molecule has 1 atom stereocenters. The number of rotatable bonds is 3. The van der Waals surface area contributed by atoms with Crippen LogP contribution in [0.2, 0.25) is 0 Å². The van der Waals surface area contributed by atoms with E-state index in [-0.39, 0.29) is 17.2 Å². The van der Waals surface area contributed by atoms with Gasteiger partial charge in [-0.15, -0.1) is 0 Å². The number of hydrogen-bond donors (Lipinski definition) is 1. The summed E-state index contributed by atoms with van der Waals surface area (Å²) in [5, 5.41) is 9.09. The maximum atomic E-state index is 12.4. The number of nitrogens with zero attached hydrogens (tertiary/aromatic N) is 1. The summed E-state index contributed by atoms with van der Waals surface area (Å²) >= 11 is 0. The van der Waals surface area contributed by atoms with Crippen LogP contribution in [0, 0.1) is 18.3 Å². The molecule has 1 aliphatic carbocycles. The minimum absolute atomic E-state index is 0.0454. The molecule has 1 N–H and O–H groups in total. The molecule has 0 aromatic carbocycles. The van der Waals surface area contributed by atoms with Gasteiger partial charge in [0.1, 0.15) is 5.76 Å². The van der Waals surface area contributed by atoms with Crippen LogP contribution in [0.5, 0.6) is 0 Å². The molecule has 1 aromatic rings. The first-order valence-corrected chi connectivity index (χ1v) is 7.58. The van der Waals surface area contributed by atoms with Crippen LogP contribution in [0.25, 0.3) is 0 Å². The second-order valence-electron chi connectivity index (χ2n) is 6.32. The Morgan fingerprint density at radius 2 is 2.10 bits per heavy atom. The third kappa shape index (κ3) is 2.34. The van der Waals surface area contributed by atoms with Gasteiger partial charge in [0.2, 0.25) is 0 Å². The summed E-state index contributed by atoms with van der Waals surface area (Å²) in [6.07, 6.45) is 3.12. The van der Waals surface area contributed by atoms with E-state index < -0.39 is 5.97 Å². The van der Waals surface area contributed by atoms with Crippen molar-refractivity contribution < 1.29 is 19.1 Å². The highest BCUT2D eigenvalue weighted by Crippen LogP contribution is 2.59. The maximum Gasteiger partial charge on any atom is 0.307 e. The SMILES string of the molecule is CCc1oc(C(=O)N2CCC3(CC2)CC3C(=O)O)cc1C. The highest BCUT2D eigenvalue weighted by molar-refractivity contribution is 5.92. The average molecular weight is 291 g/mol. The van der Waals surface area contributed by atoms with Gasteiger partial charge in [-0.1, -0.05) is 6.92 Å². The van der Waals surface area contributed by atoms with Crippen molar-refractivity contribution in [1.29, 1.82) is 0 Å². The fourth-order valence-electron chi connectivity index (χ4n) is 3.54. The number of aryl methyl sites for hydroxylation is 2. The molecule has 1 aromatic heterocycles. The molecule has 114 valence electrons. The number of furan rings is 1. The predicted molar refractivity (Wildman–Crippen MR) is 76.1 cm³/mol.